The Hall–Kier alpha value is -2.17. The molecule has 0 saturated carbocycles. The molecule has 2 aromatic rings. The zero-order chi connectivity index (χ0) is 11.5. The Labute approximate surface area is 91.1 Å². The van der Waals surface area contributed by atoms with Crippen LogP contribution in [0.15, 0.2) is 34.9 Å². The number of amides is 1. The van der Waals surface area contributed by atoms with Crippen LogP contribution in [0.5, 0.6) is 0 Å². The van der Waals surface area contributed by atoms with Gasteiger partial charge in [-0.2, -0.15) is 0 Å². The molecule has 1 N–H and O–H groups in total. The number of pyridine rings is 1. The Morgan fingerprint density at radius 1 is 1.44 bits per heavy atom. The summed E-state index contributed by atoms with van der Waals surface area (Å²) in [6.45, 7) is 1.73. The fourth-order valence-corrected chi connectivity index (χ4v) is 1.21. The van der Waals surface area contributed by atoms with E-state index in [1.165, 1.54) is 12.3 Å². The standard InChI is InChI=1S/C11H9FN2O2/c1-7-2-3-9(16-7)11(15)14-10-6-8(12)4-5-13-10/h2-6H,1H3,(H,13,14,15). The number of aromatic nitrogens is 1. The maximum Gasteiger partial charge on any atom is 0.292 e. The van der Waals surface area contributed by atoms with Gasteiger partial charge in [0.1, 0.15) is 17.4 Å². The van der Waals surface area contributed by atoms with E-state index < -0.39 is 11.7 Å². The summed E-state index contributed by atoms with van der Waals surface area (Å²) in [7, 11) is 0. The highest BCUT2D eigenvalue weighted by atomic mass is 19.1. The van der Waals surface area contributed by atoms with Gasteiger partial charge in [-0.25, -0.2) is 9.37 Å². The first-order chi connectivity index (χ1) is 7.65. The predicted molar refractivity (Wildman–Crippen MR) is 55.6 cm³/mol. The first-order valence-corrected chi connectivity index (χ1v) is 4.64. The summed E-state index contributed by atoms with van der Waals surface area (Å²) in [6.07, 6.45) is 1.28. The molecule has 2 heterocycles. The Morgan fingerprint density at radius 2 is 2.25 bits per heavy atom. The van der Waals surface area contributed by atoms with Gasteiger partial charge in [0.15, 0.2) is 5.76 Å². The third-order valence-corrected chi connectivity index (χ3v) is 1.93. The highest BCUT2D eigenvalue weighted by Crippen LogP contribution is 2.10. The zero-order valence-corrected chi connectivity index (χ0v) is 8.53. The molecule has 0 aliphatic rings. The van der Waals surface area contributed by atoms with Gasteiger partial charge in [0.2, 0.25) is 0 Å². The fraction of sp³-hybridized carbons (Fsp3) is 0.0909. The minimum atomic E-state index is -0.457. The number of hydrogen-bond acceptors (Lipinski definition) is 3. The van der Waals surface area contributed by atoms with E-state index in [9.17, 15) is 9.18 Å². The summed E-state index contributed by atoms with van der Waals surface area (Å²) in [5.74, 6) is 0.0482. The van der Waals surface area contributed by atoms with Gasteiger partial charge in [-0.1, -0.05) is 0 Å². The molecule has 0 aromatic carbocycles. The van der Waals surface area contributed by atoms with Crippen molar-refractivity contribution in [2.45, 2.75) is 6.92 Å². The van der Waals surface area contributed by atoms with Crippen molar-refractivity contribution in [1.29, 1.82) is 0 Å². The second-order valence-corrected chi connectivity index (χ2v) is 3.22. The number of halogens is 1. The van der Waals surface area contributed by atoms with Gasteiger partial charge in [0.25, 0.3) is 5.91 Å². The summed E-state index contributed by atoms with van der Waals surface area (Å²) >= 11 is 0. The summed E-state index contributed by atoms with van der Waals surface area (Å²) in [6, 6.07) is 5.55. The Morgan fingerprint density at radius 3 is 2.88 bits per heavy atom. The average Bonchev–Trinajstić information content (AvgIpc) is 2.65. The second-order valence-electron chi connectivity index (χ2n) is 3.22. The summed E-state index contributed by atoms with van der Waals surface area (Å²) < 4.78 is 17.9. The topological polar surface area (TPSA) is 55.1 Å². The van der Waals surface area contributed by atoms with Crippen molar-refractivity contribution < 1.29 is 13.6 Å². The van der Waals surface area contributed by atoms with Crippen molar-refractivity contribution in [3.05, 3.63) is 47.8 Å². The van der Waals surface area contributed by atoms with E-state index in [1.54, 1.807) is 19.1 Å². The molecular formula is C11H9FN2O2. The summed E-state index contributed by atoms with van der Waals surface area (Å²) in [5, 5.41) is 2.43. The lowest BCUT2D eigenvalue weighted by molar-refractivity contribution is 0.0995. The van der Waals surface area contributed by atoms with Gasteiger partial charge < -0.3 is 9.73 Å². The lowest BCUT2D eigenvalue weighted by atomic mass is 10.4. The molecule has 0 aliphatic heterocycles. The number of rotatable bonds is 2. The quantitative estimate of drug-likeness (QED) is 0.845. The number of hydrogen-bond donors (Lipinski definition) is 1. The van der Waals surface area contributed by atoms with Crippen LogP contribution in [0.25, 0.3) is 0 Å². The number of furan rings is 1. The number of nitrogens with zero attached hydrogens (tertiary/aromatic N) is 1. The highest BCUT2D eigenvalue weighted by molar-refractivity contribution is 6.01. The van der Waals surface area contributed by atoms with Crippen molar-refractivity contribution >= 4 is 11.7 Å². The maximum absolute atomic E-state index is 12.8. The van der Waals surface area contributed by atoms with Gasteiger partial charge in [0, 0.05) is 12.3 Å². The molecule has 82 valence electrons. The number of anilines is 1. The van der Waals surface area contributed by atoms with Crippen LogP contribution in [0, 0.1) is 12.7 Å². The predicted octanol–water partition coefficient (Wildman–Crippen LogP) is 2.37. The van der Waals surface area contributed by atoms with Crippen LogP contribution in [-0.2, 0) is 0 Å². The van der Waals surface area contributed by atoms with Crippen LogP contribution in [0.4, 0.5) is 10.2 Å². The number of aryl methyl sites for hydroxylation is 1. The largest absolute Gasteiger partial charge is 0.456 e. The van der Waals surface area contributed by atoms with E-state index in [1.807, 2.05) is 0 Å². The molecule has 5 heteroatoms. The van der Waals surface area contributed by atoms with E-state index >= 15 is 0 Å². The average molecular weight is 220 g/mol. The first-order valence-electron chi connectivity index (χ1n) is 4.64. The van der Waals surface area contributed by atoms with Crippen molar-refractivity contribution in [2.75, 3.05) is 5.32 Å². The normalized spacial score (nSPS) is 10.1. The summed E-state index contributed by atoms with van der Waals surface area (Å²) in [5.41, 5.74) is 0. The third kappa shape index (κ3) is 2.25. The number of carbonyl (C=O) groups excluding carboxylic acids is 1. The minimum Gasteiger partial charge on any atom is -0.456 e. The minimum absolute atomic E-state index is 0.152. The molecule has 4 nitrogen and oxygen atoms in total. The molecule has 0 bridgehead atoms. The SMILES string of the molecule is Cc1ccc(C(=O)Nc2cc(F)ccn2)o1. The van der Waals surface area contributed by atoms with Crippen LogP contribution in [0.2, 0.25) is 0 Å². The van der Waals surface area contributed by atoms with Crippen molar-refractivity contribution in [3.63, 3.8) is 0 Å². The van der Waals surface area contributed by atoms with Crippen LogP contribution in [0.1, 0.15) is 16.3 Å². The zero-order valence-electron chi connectivity index (χ0n) is 8.53. The van der Waals surface area contributed by atoms with Gasteiger partial charge in [-0.3, -0.25) is 4.79 Å². The number of nitrogens with one attached hydrogen (secondary N) is 1. The summed E-state index contributed by atoms with van der Waals surface area (Å²) in [4.78, 5) is 15.4. The van der Waals surface area contributed by atoms with Crippen LogP contribution >= 0.6 is 0 Å². The van der Waals surface area contributed by atoms with Crippen LogP contribution < -0.4 is 5.32 Å². The van der Waals surface area contributed by atoms with Crippen molar-refractivity contribution in [3.8, 4) is 0 Å². The molecule has 2 aromatic heterocycles. The molecule has 16 heavy (non-hydrogen) atoms. The molecule has 0 atom stereocenters. The Kier molecular flexibility index (Phi) is 2.68. The van der Waals surface area contributed by atoms with Crippen LogP contribution in [-0.4, -0.2) is 10.9 Å². The molecule has 0 radical (unpaired) electrons. The van der Waals surface area contributed by atoms with Crippen molar-refractivity contribution in [1.82, 2.24) is 4.98 Å². The van der Waals surface area contributed by atoms with Gasteiger partial charge in [0.05, 0.1) is 0 Å². The van der Waals surface area contributed by atoms with E-state index in [-0.39, 0.29) is 11.6 Å². The van der Waals surface area contributed by atoms with E-state index in [0.29, 0.717) is 5.76 Å². The molecule has 0 aliphatic carbocycles. The smallest absolute Gasteiger partial charge is 0.292 e. The lowest BCUT2D eigenvalue weighted by Gasteiger charge is -2.01. The maximum atomic E-state index is 12.8. The monoisotopic (exact) mass is 220 g/mol. The Bertz CT molecular complexity index is 522. The molecule has 0 fully saturated rings. The van der Waals surface area contributed by atoms with E-state index in [0.717, 1.165) is 6.07 Å². The second kappa shape index (κ2) is 4.14. The van der Waals surface area contributed by atoms with E-state index in [2.05, 4.69) is 10.3 Å². The number of carbonyl (C=O) groups is 1. The fourth-order valence-electron chi connectivity index (χ4n) is 1.21. The van der Waals surface area contributed by atoms with Gasteiger partial charge >= 0.3 is 0 Å². The highest BCUT2D eigenvalue weighted by Gasteiger charge is 2.10. The molecule has 0 unspecified atom stereocenters. The molecule has 0 saturated heterocycles. The lowest BCUT2D eigenvalue weighted by Crippen LogP contribution is -2.12. The Balaban J connectivity index is 2.13. The molecule has 0 spiro atoms. The molecular weight excluding hydrogens is 211 g/mol. The third-order valence-electron chi connectivity index (χ3n) is 1.93. The van der Waals surface area contributed by atoms with Gasteiger partial charge in [-0.05, 0) is 25.1 Å². The van der Waals surface area contributed by atoms with Crippen molar-refractivity contribution in [2.24, 2.45) is 0 Å². The molecule has 2 rings (SSSR count). The first kappa shape index (κ1) is 10.4. The molecule has 1 amide bonds. The van der Waals surface area contributed by atoms with Crippen LogP contribution in [0.3, 0.4) is 0 Å². The van der Waals surface area contributed by atoms with Gasteiger partial charge in [-0.15, -0.1) is 0 Å². The van der Waals surface area contributed by atoms with E-state index in [4.69, 9.17) is 4.42 Å².